The van der Waals surface area contributed by atoms with Gasteiger partial charge in [0, 0.05) is 17.1 Å². The van der Waals surface area contributed by atoms with Gasteiger partial charge in [-0.05, 0) is 91.7 Å². The van der Waals surface area contributed by atoms with E-state index >= 15 is 0 Å². The predicted octanol–water partition coefficient (Wildman–Crippen LogP) is 13.0. The maximum atomic E-state index is 2.33. The fourth-order valence-electron chi connectivity index (χ4n) is 6.64. The van der Waals surface area contributed by atoms with Gasteiger partial charge in [-0.1, -0.05) is 164 Å². The monoisotopic (exact) mass is 599 g/mol. The van der Waals surface area contributed by atoms with Crippen molar-refractivity contribution >= 4 is 27.8 Å². The van der Waals surface area contributed by atoms with Crippen LogP contribution in [0.15, 0.2) is 200 Å². The molecule has 0 aliphatic rings. The summed E-state index contributed by atoms with van der Waals surface area (Å²) in [5.74, 6) is 0. The number of rotatable bonds is 7. The lowest BCUT2D eigenvalue weighted by Gasteiger charge is -2.26. The number of fused-ring (bicyclic) bond motifs is 1. The Morgan fingerprint density at radius 3 is 1.28 bits per heavy atom. The number of para-hydroxylation sites is 1. The van der Waals surface area contributed by atoms with E-state index < -0.39 is 0 Å². The van der Waals surface area contributed by atoms with Gasteiger partial charge in [-0.15, -0.1) is 0 Å². The van der Waals surface area contributed by atoms with Gasteiger partial charge in [0.25, 0.3) is 0 Å². The third-order valence-electron chi connectivity index (χ3n) is 8.89. The van der Waals surface area contributed by atoms with Crippen LogP contribution in [0, 0.1) is 0 Å². The van der Waals surface area contributed by atoms with E-state index in [1.807, 2.05) is 0 Å². The smallest absolute Gasteiger partial charge is 0.0462 e. The Hall–Kier alpha value is -6.18. The second-order valence-electron chi connectivity index (χ2n) is 11.8. The highest BCUT2D eigenvalue weighted by Crippen LogP contribution is 2.41. The minimum Gasteiger partial charge on any atom is -0.311 e. The number of hydrogen-bond acceptors (Lipinski definition) is 1. The van der Waals surface area contributed by atoms with Crippen molar-refractivity contribution in [3.05, 3.63) is 200 Å². The molecule has 0 fully saturated rings. The highest BCUT2D eigenvalue weighted by Gasteiger charge is 2.16. The molecule has 0 aliphatic heterocycles. The van der Waals surface area contributed by atoms with E-state index in [1.54, 1.807) is 0 Å². The third kappa shape index (κ3) is 5.60. The van der Waals surface area contributed by atoms with Crippen molar-refractivity contribution in [2.45, 2.75) is 0 Å². The Bertz CT molecular complexity index is 2250. The van der Waals surface area contributed by atoms with Crippen LogP contribution >= 0.6 is 0 Å². The molecule has 47 heavy (non-hydrogen) atoms. The Kier molecular flexibility index (Phi) is 7.63. The molecule has 0 N–H and O–H groups in total. The molecule has 0 saturated heterocycles. The first-order chi connectivity index (χ1) is 23.3. The lowest BCUT2D eigenvalue weighted by atomic mass is 9.90. The molecular weight excluding hydrogens is 567 g/mol. The molecule has 0 aliphatic carbocycles. The van der Waals surface area contributed by atoms with E-state index in [0.717, 1.165) is 17.1 Å². The van der Waals surface area contributed by atoms with Gasteiger partial charge in [0.2, 0.25) is 0 Å². The largest absolute Gasteiger partial charge is 0.311 e. The number of anilines is 3. The molecule has 0 spiro atoms. The maximum absolute atomic E-state index is 2.33. The fourth-order valence-corrected chi connectivity index (χ4v) is 6.64. The van der Waals surface area contributed by atoms with Gasteiger partial charge in [-0.3, -0.25) is 0 Å². The van der Waals surface area contributed by atoms with E-state index in [0.29, 0.717) is 0 Å². The lowest BCUT2D eigenvalue weighted by Crippen LogP contribution is -2.09. The van der Waals surface area contributed by atoms with E-state index in [4.69, 9.17) is 0 Å². The summed E-state index contributed by atoms with van der Waals surface area (Å²) in [6, 6.07) is 71.7. The van der Waals surface area contributed by atoms with Crippen LogP contribution in [0.1, 0.15) is 0 Å². The average molecular weight is 600 g/mol. The van der Waals surface area contributed by atoms with Crippen molar-refractivity contribution in [1.29, 1.82) is 0 Å². The molecule has 0 heterocycles. The quantitative estimate of drug-likeness (QED) is 0.176. The van der Waals surface area contributed by atoms with Crippen molar-refractivity contribution < 1.29 is 0 Å². The van der Waals surface area contributed by atoms with Crippen LogP contribution in [0.2, 0.25) is 0 Å². The summed E-state index contributed by atoms with van der Waals surface area (Å²) in [6.07, 6.45) is 0. The van der Waals surface area contributed by atoms with Gasteiger partial charge in [-0.2, -0.15) is 0 Å². The van der Waals surface area contributed by atoms with Gasteiger partial charge in [0.05, 0.1) is 0 Å². The van der Waals surface area contributed by atoms with Crippen LogP contribution in [0.25, 0.3) is 55.3 Å². The molecule has 8 aromatic rings. The summed E-state index contributed by atoms with van der Waals surface area (Å²) >= 11 is 0. The molecule has 222 valence electrons. The topological polar surface area (TPSA) is 3.24 Å². The summed E-state index contributed by atoms with van der Waals surface area (Å²) in [5, 5.41) is 2.51. The van der Waals surface area contributed by atoms with E-state index in [-0.39, 0.29) is 0 Å². The molecule has 0 saturated carbocycles. The van der Waals surface area contributed by atoms with Gasteiger partial charge in [0.15, 0.2) is 0 Å². The van der Waals surface area contributed by atoms with Crippen LogP contribution in [-0.4, -0.2) is 0 Å². The Labute approximate surface area is 276 Å². The SMILES string of the molecule is c1ccc(-c2ccccc2-c2ccc(N(c3ccccc3)c3ccc(-c4ccc5ccccc5c4-c4ccccc4)cc3)cc2)cc1. The highest BCUT2D eigenvalue weighted by molar-refractivity contribution is 6.04. The molecule has 0 radical (unpaired) electrons. The molecule has 0 unspecified atom stereocenters. The van der Waals surface area contributed by atoms with Crippen molar-refractivity contribution in [3.63, 3.8) is 0 Å². The second kappa shape index (κ2) is 12.7. The summed E-state index contributed by atoms with van der Waals surface area (Å²) in [6.45, 7) is 0. The van der Waals surface area contributed by atoms with Crippen molar-refractivity contribution in [3.8, 4) is 44.5 Å². The molecule has 8 aromatic carbocycles. The van der Waals surface area contributed by atoms with E-state index in [1.165, 1.54) is 55.3 Å². The standard InChI is InChI=1S/C46H33N/c1-4-14-34(15-5-1)42-21-12-13-22-43(42)36-24-29-40(30-25-36)47(39-19-8-3-9-20-39)41-31-26-37(27-32-41)45-33-28-35-16-10-11-23-44(35)46(45)38-17-6-2-7-18-38/h1-33H. The Morgan fingerprint density at radius 2 is 0.681 bits per heavy atom. The minimum absolute atomic E-state index is 1.11. The molecule has 0 aromatic heterocycles. The van der Waals surface area contributed by atoms with Crippen LogP contribution in [0.5, 0.6) is 0 Å². The van der Waals surface area contributed by atoms with Gasteiger partial charge in [0.1, 0.15) is 0 Å². The van der Waals surface area contributed by atoms with Crippen LogP contribution in [-0.2, 0) is 0 Å². The first-order valence-corrected chi connectivity index (χ1v) is 16.1. The van der Waals surface area contributed by atoms with Crippen molar-refractivity contribution in [1.82, 2.24) is 0 Å². The molecule has 0 atom stereocenters. The normalized spacial score (nSPS) is 11.0. The average Bonchev–Trinajstić information content (AvgIpc) is 3.16. The van der Waals surface area contributed by atoms with E-state index in [9.17, 15) is 0 Å². The Balaban J connectivity index is 1.19. The molecule has 1 nitrogen and oxygen atoms in total. The lowest BCUT2D eigenvalue weighted by molar-refractivity contribution is 1.28. The third-order valence-corrected chi connectivity index (χ3v) is 8.89. The minimum atomic E-state index is 1.11. The van der Waals surface area contributed by atoms with Gasteiger partial charge in [-0.25, -0.2) is 0 Å². The van der Waals surface area contributed by atoms with Gasteiger partial charge >= 0.3 is 0 Å². The highest BCUT2D eigenvalue weighted by atomic mass is 15.1. The van der Waals surface area contributed by atoms with E-state index in [2.05, 4.69) is 205 Å². The Morgan fingerprint density at radius 1 is 0.255 bits per heavy atom. The zero-order valence-electron chi connectivity index (χ0n) is 26.0. The summed E-state index contributed by atoms with van der Waals surface area (Å²) < 4.78 is 0. The van der Waals surface area contributed by atoms with Crippen molar-refractivity contribution in [2.75, 3.05) is 4.90 Å². The zero-order valence-corrected chi connectivity index (χ0v) is 26.0. The molecule has 1 heteroatoms. The predicted molar refractivity (Wildman–Crippen MR) is 200 cm³/mol. The summed E-state index contributed by atoms with van der Waals surface area (Å²) in [5.41, 5.74) is 13.1. The first-order valence-electron chi connectivity index (χ1n) is 16.1. The fraction of sp³-hybridized carbons (Fsp3) is 0. The summed E-state index contributed by atoms with van der Waals surface area (Å²) in [4.78, 5) is 2.33. The molecular formula is C46H33N. The number of nitrogens with zero attached hydrogens (tertiary/aromatic N) is 1. The molecule has 0 bridgehead atoms. The van der Waals surface area contributed by atoms with Gasteiger partial charge < -0.3 is 4.90 Å². The number of benzene rings is 8. The van der Waals surface area contributed by atoms with Crippen LogP contribution in [0.4, 0.5) is 17.1 Å². The van der Waals surface area contributed by atoms with Crippen LogP contribution in [0.3, 0.4) is 0 Å². The number of hydrogen-bond donors (Lipinski definition) is 0. The second-order valence-corrected chi connectivity index (χ2v) is 11.8. The van der Waals surface area contributed by atoms with Crippen LogP contribution < -0.4 is 4.90 Å². The first kappa shape index (κ1) is 28.3. The zero-order chi connectivity index (χ0) is 31.4. The molecule has 8 rings (SSSR count). The van der Waals surface area contributed by atoms with Crippen molar-refractivity contribution in [2.24, 2.45) is 0 Å². The molecule has 0 amide bonds. The summed E-state index contributed by atoms with van der Waals surface area (Å²) in [7, 11) is 0. The maximum Gasteiger partial charge on any atom is 0.0462 e.